The number of thiophene rings is 1. The highest BCUT2D eigenvalue weighted by Gasteiger charge is 2.18. The number of nitrogens with zero attached hydrogens (tertiary/aromatic N) is 2. The van der Waals surface area contributed by atoms with Crippen LogP contribution in [0.15, 0.2) is 30.3 Å². The molecule has 0 saturated heterocycles. The summed E-state index contributed by atoms with van der Waals surface area (Å²) in [6.45, 7) is 2.71. The van der Waals surface area contributed by atoms with Crippen LogP contribution in [0.25, 0.3) is 10.2 Å². The minimum Gasteiger partial charge on any atom is -0.451 e. The number of aromatic nitrogens is 2. The van der Waals surface area contributed by atoms with Gasteiger partial charge in [-0.15, -0.1) is 11.3 Å². The van der Waals surface area contributed by atoms with E-state index in [1.807, 2.05) is 6.92 Å². The molecule has 0 bridgehead atoms. The van der Waals surface area contributed by atoms with Crippen LogP contribution in [0.3, 0.4) is 0 Å². The smallest absolute Gasteiger partial charge is 0.348 e. The maximum Gasteiger partial charge on any atom is 0.348 e. The van der Waals surface area contributed by atoms with Gasteiger partial charge >= 0.3 is 5.97 Å². The molecule has 2 heterocycles. The molecule has 1 aromatic carbocycles. The third-order valence-corrected chi connectivity index (χ3v) is 5.15. The van der Waals surface area contributed by atoms with Gasteiger partial charge in [0.05, 0.1) is 18.8 Å². The van der Waals surface area contributed by atoms with Gasteiger partial charge in [0, 0.05) is 19.0 Å². The molecule has 0 aliphatic carbocycles. The van der Waals surface area contributed by atoms with Gasteiger partial charge in [-0.2, -0.15) is 5.10 Å². The molecule has 0 unspecified atom stereocenters. The number of nitrogens with one attached hydrogen (secondary N) is 1. The number of ether oxygens (including phenoxy) is 2. The van der Waals surface area contributed by atoms with Crippen molar-refractivity contribution in [3.05, 3.63) is 52.3 Å². The highest BCUT2D eigenvalue weighted by molar-refractivity contribution is 7.20. The number of rotatable bonds is 8. The number of aryl methyl sites for hydroxylation is 1. The molecule has 1 amide bonds. The van der Waals surface area contributed by atoms with Crippen LogP contribution in [0.1, 0.15) is 20.9 Å². The third kappa shape index (κ3) is 4.73. The highest BCUT2D eigenvalue weighted by atomic mass is 32.1. The molecular weight excluding hydrogens is 385 g/mol. The topological polar surface area (TPSA) is 82.4 Å². The van der Waals surface area contributed by atoms with Crippen LogP contribution in [-0.4, -0.2) is 48.5 Å². The van der Waals surface area contributed by atoms with E-state index in [0.717, 1.165) is 21.5 Å². The number of halogens is 1. The van der Waals surface area contributed by atoms with Crippen LogP contribution < -0.4 is 5.32 Å². The zero-order chi connectivity index (χ0) is 20.1. The number of benzene rings is 1. The molecule has 28 heavy (non-hydrogen) atoms. The summed E-state index contributed by atoms with van der Waals surface area (Å²) in [5, 5.41) is 7.92. The van der Waals surface area contributed by atoms with Crippen molar-refractivity contribution in [2.24, 2.45) is 0 Å². The molecule has 3 rings (SSSR count). The van der Waals surface area contributed by atoms with E-state index in [0.29, 0.717) is 24.6 Å². The van der Waals surface area contributed by atoms with Crippen LogP contribution in [0.4, 0.5) is 4.39 Å². The molecule has 0 radical (unpaired) electrons. The molecule has 3 aromatic rings. The number of amides is 1. The minimum atomic E-state index is -0.559. The van der Waals surface area contributed by atoms with Crippen LogP contribution in [0.5, 0.6) is 0 Å². The van der Waals surface area contributed by atoms with Gasteiger partial charge in [0.15, 0.2) is 6.61 Å². The van der Waals surface area contributed by atoms with Gasteiger partial charge in [-0.3, -0.25) is 9.48 Å². The summed E-state index contributed by atoms with van der Waals surface area (Å²) in [6, 6.07) is 7.91. The molecule has 0 atom stereocenters. The Balaban J connectivity index is 1.69. The van der Waals surface area contributed by atoms with Crippen LogP contribution >= 0.6 is 11.3 Å². The molecule has 0 spiro atoms. The lowest BCUT2D eigenvalue weighted by Gasteiger charge is -2.05. The maximum absolute atomic E-state index is 13.1. The molecule has 0 saturated carbocycles. The quantitative estimate of drug-likeness (QED) is 0.460. The maximum atomic E-state index is 13.1. The van der Waals surface area contributed by atoms with E-state index in [2.05, 4.69) is 10.4 Å². The first-order valence-corrected chi connectivity index (χ1v) is 9.43. The second kappa shape index (κ2) is 8.94. The Hall–Kier alpha value is -2.78. The van der Waals surface area contributed by atoms with Gasteiger partial charge in [-0.1, -0.05) is 12.1 Å². The van der Waals surface area contributed by atoms with Crippen molar-refractivity contribution in [2.75, 3.05) is 26.9 Å². The van der Waals surface area contributed by atoms with Gasteiger partial charge in [0.25, 0.3) is 5.91 Å². The lowest BCUT2D eigenvalue weighted by molar-refractivity contribution is -0.124. The molecule has 0 aliphatic heterocycles. The average molecular weight is 405 g/mol. The molecule has 2 aromatic heterocycles. The van der Waals surface area contributed by atoms with E-state index in [1.165, 1.54) is 30.6 Å². The minimum absolute atomic E-state index is 0.294. The molecule has 0 fully saturated rings. The van der Waals surface area contributed by atoms with Crippen LogP contribution in [0.2, 0.25) is 0 Å². The second-order valence-electron chi connectivity index (χ2n) is 6.12. The first-order chi connectivity index (χ1) is 13.5. The monoisotopic (exact) mass is 405 g/mol. The van der Waals surface area contributed by atoms with Crippen LogP contribution in [0, 0.1) is 12.7 Å². The Morgan fingerprint density at radius 2 is 2.04 bits per heavy atom. The molecule has 148 valence electrons. The summed E-state index contributed by atoms with van der Waals surface area (Å²) in [5.41, 5.74) is 1.68. The summed E-state index contributed by atoms with van der Waals surface area (Å²) in [5.74, 6) is -1.24. The van der Waals surface area contributed by atoms with E-state index in [-0.39, 0.29) is 18.3 Å². The third-order valence-electron chi connectivity index (χ3n) is 4.02. The molecule has 1 N–H and O–H groups in total. The van der Waals surface area contributed by atoms with Crippen molar-refractivity contribution in [3.8, 4) is 0 Å². The lowest BCUT2D eigenvalue weighted by atomic mass is 10.2. The Kier molecular flexibility index (Phi) is 6.37. The Bertz CT molecular complexity index is 981. The van der Waals surface area contributed by atoms with Crippen molar-refractivity contribution >= 4 is 33.4 Å². The normalized spacial score (nSPS) is 11.0. The van der Waals surface area contributed by atoms with Crippen molar-refractivity contribution < 1.29 is 23.5 Å². The van der Waals surface area contributed by atoms with Gasteiger partial charge in [0.2, 0.25) is 0 Å². The van der Waals surface area contributed by atoms with Crippen molar-refractivity contribution in [3.63, 3.8) is 0 Å². The first kappa shape index (κ1) is 20.0. The summed E-state index contributed by atoms with van der Waals surface area (Å²) < 4.78 is 24.8. The number of hydrogen-bond donors (Lipinski definition) is 1. The standard InChI is InChI=1S/C19H20FN3O4S/c1-12-15-9-16(19(25)27-11-17(24)21-7-8-26-2)28-18(15)23(22-12)10-13-3-5-14(20)6-4-13/h3-6,9H,7-8,10-11H2,1-2H3,(H,21,24). The van der Waals surface area contributed by atoms with E-state index in [1.54, 1.807) is 22.9 Å². The fourth-order valence-corrected chi connectivity index (χ4v) is 3.68. The number of methoxy groups -OCH3 is 1. The fourth-order valence-electron chi connectivity index (χ4n) is 2.63. The Morgan fingerprint density at radius 3 is 2.75 bits per heavy atom. The second-order valence-corrected chi connectivity index (χ2v) is 7.15. The number of carbonyl (C=O) groups is 2. The summed E-state index contributed by atoms with van der Waals surface area (Å²) >= 11 is 1.25. The number of esters is 1. The fraction of sp³-hybridized carbons (Fsp3) is 0.316. The molecule has 7 nitrogen and oxygen atoms in total. The van der Waals surface area contributed by atoms with E-state index < -0.39 is 5.97 Å². The van der Waals surface area contributed by atoms with Gasteiger partial charge < -0.3 is 14.8 Å². The Labute approximate surface area is 165 Å². The predicted octanol–water partition coefficient (Wildman–Crippen LogP) is 2.51. The molecule has 0 aliphatic rings. The lowest BCUT2D eigenvalue weighted by Crippen LogP contribution is -2.31. The largest absolute Gasteiger partial charge is 0.451 e. The number of hydrogen-bond acceptors (Lipinski definition) is 6. The summed E-state index contributed by atoms with van der Waals surface area (Å²) in [4.78, 5) is 25.1. The van der Waals surface area contributed by atoms with Crippen molar-refractivity contribution in [2.45, 2.75) is 13.5 Å². The average Bonchev–Trinajstić information content (AvgIpc) is 3.23. The zero-order valence-electron chi connectivity index (χ0n) is 15.5. The van der Waals surface area contributed by atoms with Crippen molar-refractivity contribution in [1.29, 1.82) is 0 Å². The van der Waals surface area contributed by atoms with Gasteiger partial charge in [0.1, 0.15) is 15.5 Å². The zero-order valence-corrected chi connectivity index (χ0v) is 16.3. The number of carbonyl (C=O) groups excluding carboxylic acids is 2. The van der Waals surface area contributed by atoms with Gasteiger partial charge in [-0.05, 0) is 30.7 Å². The van der Waals surface area contributed by atoms with Crippen LogP contribution in [-0.2, 0) is 20.8 Å². The highest BCUT2D eigenvalue weighted by Crippen LogP contribution is 2.29. The molecule has 9 heteroatoms. The number of fused-ring (bicyclic) bond motifs is 1. The summed E-state index contributed by atoms with van der Waals surface area (Å²) in [7, 11) is 1.53. The summed E-state index contributed by atoms with van der Waals surface area (Å²) in [6.07, 6.45) is 0. The van der Waals surface area contributed by atoms with E-state index in [9.17, 15) is 14.0 Å². The Morgan fingerprint density at radius 1 is 1.29 bits per heavy atom. The van der Waals surface area contributed by atoms with Gasteiger partial charge in [-0.25, -0.2) is 9.18 Å². The first-order valence-electron chi connectivity index (χ1n) is 8.62. The molecular formula is C19H20FN3O4S. The van der Waals surface area contributed by atoms with E-state index in [4.69, 9.17) is 9.47 Å². The SMILES string of the molecule is COCCNC(=O)COC(=O)c1cc2c(C)nn(Cc3ccc(F)cc3)c2s1. The van der Waals surface area contributed by atoms with E-state index >= 15 is 0 Å². The van der Waals surface area contributed by atoms with Crippen molar-refractivity contribution in [1.82, 2.24) is 15.1 Å². The predicted molar refractivity (Wildman–Crippen MR) is 103 cm³/mol.